The lowest BCUT2D eigenvalue weighted by atomic mass is 10.2. The van der Waals surface area contributed by atoms with E-state index in [-0.39, 0.29) is 12.5 Å². The summed E-state index contributed by atoms with van der Waals surface area (Å²) in [6.45, 7) is 2.83. The SMILES string of the molecule is CCOC(=O)CN(C)C(=O)c1ccc(OCCOC)c(Br)c1. The fourth-order valence-electron chi connectivity index (χ4n) is 1.68. The lowest BCUT2D eigenvalue weighted by Crippen LogP contribution is -2.33. The van der Waals surface area contributed by atoms with Gasteiger partial charge in [-0.2, -0.15) is 0 Å². The van der Waals surface area contributed by atoms with Gasteiger partial charge in [-0.15, -0.1) is 0 Å². The molecule has 0 N–H and O–H groups in total. The first-order valence-electron chi connectivity index (χ1n) is 6.82. The van der Waals surface area contributed by atoms with E-state index < -0.39 is 5.97 Å². The zero-order valence-corrected chi connectivity index (χ0v) is 14.5. The lowest BCUT2D eigenvalue weighted by molar-refractivity contribution is -0.143. The molecule has 0 spiro atoms. The van der Waals surface area contributed by atoms with Crippen molar-refractivity contribution in [3.8, 4) is 5.75 Å². The molecule has 6 nitrogen and oxygen atoms in total. The van der Waals surface area contributed by atoms with Gasteiger partial charge in [0.05, 0.1) is 17.7 Å². The van der Waals surface area contributed by atoms with E-state index in [0.717, 1.165) is 0 Å². The second-order valence-corrected chi connectivity index (χ2v) is 5.31. The van der Waals surface area contributed by atoms with Gasteiger partial charge < -0.3 is 19.1 Å². The Morgan fingerprint density at radius 2 is 2.00 bits per heavy atom. The molecule has 1 aromatic carbocycles. The monoisotopic (exact) mass is 373 g/mol. The number of halogens is 1. The van der Waals surface area contributed by atoms with Gasteiger partial charge in [0.25, 0.3) is 5.91 Å². The van der Waals surface area contributed by atoms with Crippen molar-refractivity contribution in [1.82, 2.24) is 4.90 Å². The van der Waals surface area contributed by atoms with Crippen LogP contribution in [0.3, 0.4) is 0 Å². The molecule has 0 aliphatic carbocycles. The molecular weight excluding hydrogens is 354 g/mol. The highest BCUT2D eigenvalue weighted by molar-refractivity contribution is 9.10. The Balaban J connectivity index is 2.69. The van der Waals surface area contributed by atoms with Crippen molar-refractivity contribution >= 4 is 27.8 Å². The van der Waals surface area contributed by atoms with Crippen molar-refractivity contribution in [1.29, 1.82) is 0 Å². The van der Waals surface area contributed by atoms with E-state index in [1.807, 2.05) is 0 Å². The number of carbonyl (C=O) groups is 2. The quantitative estimate of drug-likeness (QED) is 0.515. The van der Waals surface area contributed by atoms with Gasteiger partial charge in [0.1, 0.15) is 18.9 Å². The number of hydrogen-bond acceptors (Lipinski definition) is 5. The van der Waals surface area contributed by atoms with E-state index in [2.05, 4.69) is 15.9 Å². The Hall–Kier alpha value is -1.60. The topological polar surface area (TPSA) is 65.1 Å². The number of amides is 1. The molecule has 0 heterocycles. The molecule has 0 aliphatic rings. The Labute approximate surface area is 138 Å². The van der Waals surface area contributed by atoms with E-state index >= 15 is 0 Å². The fourth-order valence-corrected chi connectivity index (χ4v) is 2.17. The van der Waals surface area contributed by atoms with Crippen LogP contribution in [0.15, 0.2) is 22.7 Å². The maximum atomic E-state index is 12.2. The van der Waals surface area contributed by atoms with Crippen LogP contribution in [0, 0.1) is 0 Å². The van der Waals surface area contributed by atoms with Crippen molar-refractivity contribution in [2.75, 3.05) is 40.5 Å². The molecule has 7 heteroatoms. The third-order valence-corrected chi connectivity index (χ3v) is 3.36. The van der Waals surface area contributed by atoms with Gasteiger partial charge in [-0.3, -0.25) is 9.59 Å². The van der Waals surface area contributed by atoms with Gasteiger partial charge in [0.15, 0.2) is 0 Å². The van der Waals surface area contributed by atoms with Gasteiger partial charge >= 0.3 is 5.97 Å². The molecule has 0 radical (unpaired) electrons. The molecule has 1 amide bonds. The van der Waals surface area contributed by atoms with Gasteiger partial charge in [0, 0.05) is 19.7 Å². The summed E-state index contributed by atoms with van der Waals surface area (Å²) in [6.07, 6.45) is 0. The van der Waals surface area contributed by atoms with E-state index in [1.54, 1.807) is 39.3 Å². The molecule has 0 aliphatic heterocycles. The lowest BCUT2D eigenvalue weighted by Gasteiger charge is -2.17. The number of benzene rings is 1. The largest absolute Gasteiger partial charge is 0.490 e. The molecule has 0 saturated carbocycles. The third kappa shape index (κ3) is 5.65. The van der Waals surface area contributed by atoms with E-state index in [0.29, 0.717) is 35.6 Å². The smallest absolute Gasteiger partial charge is 0.325 e. The third-order valence-electron chi connectivity index (χ3n) is 2.74. The van der Waals surface area contributed by atoms with Crippen LogP contribution in [-0.4, -0.2) is 57.3 Å². The van der Waals surface area contributed by atoms with Crippen LogP contribution >= 0.6 is 15.9 Å². The van der Waals surface area contributed by atoms with Gasteiger partial charge in [-0.25, -0.2) is 0 Å². The number of methoxy groups -OCH3 is 1. The fraction of sp³-hybridized carbons (Fsp3) is 0.467. The van der Waals surface area contributed by atoms with Crippen LogP contribution in [0.4, 0.5) is 0 Å². The molecule has 0 unspecified atom stereocenters. The molecule has 1 aromatic rings. The predicted octanol–water partition coefficient (Wildman–Crippen LogP) is 2.11. The average Bonchev–Trinajstić information content (AvgIpc) is 2.48. The van der Waals surface area contributed by atoms with Gasteiger partial charge in [0.2, 0.25) is 0 Å². The summed E-state index contributed by atoms with van der Waals surface area (Å²) in [6, 6.07) is 5.01. The number of hydrogen-bond donors (Lipinski definition) is 0. The van der Waals surface area contributed by atoms with E-state index in [1.165, 1.54) is 4.90 Å². The first-order chi connectivity index (χ1) is 10.5. The van der Waals surface area contributed by atoms with E-state index in [4.69, 9.17) is 14.2 Å². The van der Waals surface area contributed by atoms with Crippen LogP contribution in [0.25, 0.3) is 0 Å². The molecule has 22 heavy (non-hydrogen) atoms. The molecular formula is C15H20BrNO5. The second-order valence-electron chi connectivity index (χ2n) is 4.45. The summed E-state index contributed by atoms with van der Waals surface area (Å²) in [5.74, 6) is -0.0734. The zero-order chi connectivity index (χ0) is 16.5. The molecule has 0 aromatic heterocycles. The Morgan fingerprint density at radius 3 is 2.59 bits per heavy atom. The summed E-state index contributed by atoms with van der Waals surface area (Å²) in [5.41, 5.74) is 0.456. The number of likely N-dealkylation sites (N-methyl/N-ethyl adjacent to an activating group) is 1. The summed E-state index contributed by atoms with van der Waals surface area (Å²) < 4.78 is 15.9. The molecule has 1 rings (SSSR count). The first-order valence-corrected chi connectivity index (χ1v) is 7.61. The Bertz CT molecular complexity index is 521. The van der Waals surface area contributed by atoms with Crippen molar-refractivity contribution in [3.63, 3.8) is 0 Å². The van der Waals surface area contributed by atoms with Crippen LogP contribution in [0.2, 0.25) is 0 Å². The van der Waals surface area contributed by atoms with Crippen LogP contribution in [0.1, 0.15) is 17.3 Å². The predicted molar refractivity (Wildman–Crippen MR) is 85.1 cm³/mol. The molecule has 0 fully saturated rings. The van der Waals surface area contributed by atoms with Crippen LogP contribution < -0.4 is 4.74 Å². The van der Waals surface area contributed by atoms with E-state index in [9.17, 15) is 9.59 Å². The number of esters is 1. The highest BCUT2D eigenvalue weighted by atomic mass is 79.9. The average molecular weight is 374 g/mol. The number of ether oxygens (including phenoxy) is 3. The summed E-state index contributed by atoms with van der Waals surface area (Å²) in [4.78, 5) is 25.0. The Morgan fingerprint density at radius 1 is 1.27 bits per heavy atom. The summed E-state index contributed by atoms with van der Waals surface area (Å²) >= 11 is 3.36. The molecule has 122 valence electrons. The highest BCUT2D eigenvalue weighted by Crippen LogP contribution is 2.26. The Kier molecular flexibility index (Phi) is 7.90. The van der Waals surface area contributed by atoms with Crippen molar-refractivity contribution < 1.29 is 23.8 Å². The maximum Gasteiger partial charge on any atom is 0.325 e. The van der Waals surface area contributed by atoms with Crippen LogP contribution in [-0.2, 0) is 14.3 Å². The maximum absolute atomic E-state index is 12.2. The minimum Gasteiger partial charge on any atom is -0.490 e. The summed E-state index contributed by atoms with van der Waals surface area (Å²) in [7, 11) is 3.15. The minimum atomic E-state index is -0.433. The van der Waals surface area contributed by atoms with Crippen molar-refractivity contribution in [3.05, 3.63) is 28.2 Å². The highest BCUT2D eigenvalue weighted by Gasteiger charge is 2.16. The standard InChI is InChI=1S/C15H20BrNO5/c1-4-21-14(18)10-17(2)15(19)11-5-6-13(12(16)9-11)22-8-7-20-3/h5-6,9H,4,7-8,10H2,1-3H3. The number of carbonyl (C=O) groups excluding carboxylic acids is 2. The van der Waals surface area contributed by atoms with Crippen molar-refractivity contribution in [2.45, 2.75) is 6.92 Å². The van der Waals surface area contributed by atoms with Gasteiger partial charge in [-0.1, -0.05) is 0 Å². The number of nitrogens with zero attached hydrogens (tertiary/aromatic N) is 1. The number of rotatable bonds is 8. The second kappa shape index (κ2) is 9.42. The molecule has 0 saturated heterocycles. The normalized spacial score (nSPS) is 10.2. The first kappa shape index (κ1) is 18.4. The molecule has 0 atom stereocenters. The minimum absolute atomic E-state index is 0.0869. The molecule has 0 bridgehead atoms. The van der Waals surface area contributed by atoms with Crippen LogP contribution in [0.5, 0.6) is 5.75 Å². The zero-order valence-electron chi connectivity index (χ0n) is 12.9. The van der Waals surface area contributed by atoms with Gasteiger partial charge in [-0.05, 0) is 41.1 Å². The van der Waals surface area contributed by atoms with Crippen molar-refractivity contribution in [2.24, 2.45) is 0 Å². The summed E-state index contributed by atoms with van der Waals surface area (Å²) in [5, 5.41) is 0.